The van der Waals surface area contributed by atoms with Crippen LogP contribution >= 0.6 is 0 Å². The molecule has 21 heavy (non-hydrogen) atoms. The second-order valence-corrected chi connectivity index (χ2v) is 5.93. The summed E-state index contributed by atoms with van der Waals surface area (Å²) in [5.41, 5.74) is 5.01. The number of hydrogen-bond donors (Lipinski definition) is 2. The number of hydrazine groups is 1. The Bertz CT molecular complexity index is 587. The molecule has 2 heterocycles. The first-order valence-corrected chi connectivity index (χ1v) is 7.84. The van der Waals surface area contributed by atoms with Crippen molar-refractivity contribution in [1.82, 2.24) is 5.43 Å². The fraction of sp³-hybridized carbons (Fsp3) is 0.529. The van der Waals surface area contributed by atoms with Crippen molar-refractivity contribution in [2.45, 2.75) is 51.2 Å². The normalized spacial score (nSPS) is 20.8. The lowest BCUT2D eigenvalue weighted by Gasteiger charge is -2.24. The van der Waals surface area contributed by atoms with Crippen LogP contribution in [-0.4, -0.2) is 12.7 Å². The van der Waals surface area contributed by atoms with Gasteiger partial charge in [0.05, 0.1) is 12.1 Å². The van der Waals surface area contributed by atoms with Crippen LogP contribution < -0.4 is 11.3 Å². The van der Waals surface area contributed by atoms with Crippen LogP contribution in [0.2, 0.25) is 0 Å². The van der Waals surface area contributed by atoms with Gasteiger partial charge in [-0.2, -0.15) is 0 Å². The van der Waals surface area contributed by atoms with Crippen LogP contribution in [0.15, 0.2) is 28.7 Å². The van der Waals surface area contributed by atoms with Crippen LogP contribution in [0, 0.1) is 6.92 Å². The summed E-state index contributed by atoms with van der Waals surface area (Å²) in [7, 11) is 0. The Morgan fingerprint density at radius 1 is 1.38 bits per heavy atom. The summed E-state index contributed by atoms with van der Waals surface area (Å²) in [6, 6.07) is 8.33. The fourth-order valence-corrected chi connectivity index (χ4v) is 3.10. The number of para-hydroxylation sites is 1. The molecule has 2 unspecified atom stereocenters. The Labute approximate surface area is 125 Å². The van der Waals surface area contributed by atoms with Gasteiger partial charge in [0.2, 0.25) is 0 Å². The van der Waals surface area contributed by atoms with Gasteiger partial charge < -0.3 is 9.15 Å². The highest BCUT2D eigenvalue weighted by Gasteiger charge is 2.20. The number of rotatable bonds is 5. The maximum absolute atomic E-state index is 6.01. The van der Waals surface area contributed by atoms with Gasteiger partial charge in [0.25, 0.3) is 0 Å². The van der Waals surface area contributed by atoms with E-state index >= 15 is 0 Å². The van der Waals surface area contributed by atoms with Gasteiger partial charge in [-0.25, -0.2) is 5.43 Å². The van der Waals surface area contributed by atoms with Gasteiger partial charge in [0, 0.05) is 12.0 Å². The lowest BCUT2D eigenvalue weighted by molar-refractivity contribution is 0.00823. The van der Waals surface area contributed by atoms with Crippen molar-refractivity contribution >= 4 is 11.0 Å². The highest BCUT2D eigenvalue weighted by atomic mass is 16.5. The van der Waals surface area contributed by atoms with Crippen LogP contribution in [-0.2, 0) is 4.74 Å². The van der Waals surface area contributed by atoms with Crippen LogP contribution in [0.4, 0.5) is 0 Å². The highest BCUT2D eigenvalue weighted by Crippen LogP contribution is 2.29. The van der Waals surface area contributed by atoms with Gasteiger partial charge in [-0.1, -0.05) is 18.2 Å². The summed E-state index contributed by atoms with van der Waals surface area (Å²) in [5.74, 6) is 6.64. The van der Waals surface area contributed by atoms with Crippen molar-refractivity contribution in [3.8, 4) is 0 Å². The smallest absolute Gasteiger partial charge is 0.137 e. The van der Waals surface area contributed by atoms with E-state index in [-0.39, 0.29) is 6.04 Å². The largest absolute Gasteiger partial charge is 0.459 e. The maximum Gasteiger partial charge on any atom is 0.137 e. The molecule has 0 amide bonds. The molecule has 0 saturated carbocycles. The molecular weight excluding hydrogens is 264 g/mol. The van der Waals surface area contributed by atoms with Gasteiger partial charge in [0.1, 0.15) is 11.3 Å². The Balaban J connectivity index is 1.70. The summed E-state index contributed by atoms with van der Waals surface area (Å²) < 4.78 is 11.8. The summed E-state index contributed by atoms with van der Waals surface area (Å²) in [6.45, 7) is 2.96. The van der Waals surface area contributed by atoms with E-state index in [1.807, 2.05) is 0 Å². The number of benzene rings is 1. The Kier molecular flexibility index (Phi) is 4.58. The Morgan fingerprint density at radius 2 is 2.29 bits per heavy atom. The molecule has 1 aromatic carbocycles. The van der Waals surface area contributed by atoms with Crippen molar-refractivity contribution in [3.63, 3.8) is 0 Å². The molecule has 0 radical (unpaired) electrons. The SMILES string of the molecule is Cc1cccc2cc(C(CCC3CCCCO3)NN)oc12. The number of hydrogen-bond acceptors (Lipinski definition) is 4. The van der Waals surface area contributed by atoms with Gasteiger partial charge in [0.15, 0.2) is 0 Å². The third kappa shape index (κ3) is 3.28. The molecule has 3 N–H and O–H groups in total. The Hall–Kier alpha value is -1.36. The monoisotopic (exact) mass is 288 g/mol. The van der Waals surface area contributed by atoms with E-state index in [0.29, 0.717) is 6.10 Å². The van der Waals surface area contributed by atoms with E-state index in [4.69, 9.17) is 15.0 Å². The zero-order valence-electron chi connectivity index (χ0n) is 12.6. The molecule has 2 aromatic rings. The minimum absolute atomic E-state index is 0.0438. The number of ether oxygens (including phenoxy) is 1. The van der Waals surface area contributed by atoms with Crippen molar-refractivity contribution in [1.29, 1.82) is 0 Å². The number of fused-ring (bicyclic) bond motifs is 1. The van der Waals surface area contributed by atoms with Crippen molar-refractivity contribution in [2.24, 2.45) is 5.84 Å². The summed E-state index contributed by atoms with van der Waals surface area (Å²) in [6.07, 6.45) is 5.95. The lowest BCUT2D eigenvalue weighted by Crippen LogP contribution is -2.29. The maximum atomic E-state index is 6.01. The summed E-state index contributed by atoms with van der Waals surface area (Å²) >= 11 is 0. The lowest BCUT2D eigenvalue weighted by atomic mass is 10.0. The molecule has 4 heteroatoms. The molecule has 1 aliphatic rings. The molecule has 4 nitrogen and oxygen atoms in total. The summed E-state index contributed by atoms with van der Waals surface area (Å²) in [4.78, 5) is 0. The third-order valence-electron chi connectivity index (χ3n) is 4.36. The van der Waals surface area contributed by atoms with Gasteiger partial charge in [-0.15, -0.1) is 0 Å². The van der Waals surface area contributed by atoms with Crippen LogP contribution in [0.25, 0.3) is 11.0 Å². The van der Waals surface area contributed by atoms with E-state index in [1.54, 1.807) is 0 Å². The third-order valence-corrected chi connectivity index (χ3v) is 4.36. The van der Waals surface area contributed by atoms with Crippen molar-refractivity contribution in [3.05, 3.63) is 35.6 Å². The first kappa shape index (κ1) is 14.6. The predicted octanol–water partition coefficient (Wildman–Crippen LogP) is 3.59. The Morgan fingerprint density at radius 3 is 3.00 bits per heavy atom. The van der Waals surface area contributed by atoms with Crippen LogP contribution in [0.1, 0.15) is 49.5 Å². The average Bonchev–Trinajstić information content (AvgIpc) is 2.94. The molecule has 1 fully saturated rings. The first-order valence-electron chi connectivity index (χ1n) is 7.84. The van der Waals surface area contributed by atoms with Crippen molar-refractivity contribution in [2.75, 3.05) is 6.61 Å². The van der Waals surface area contributed by atoms with E-state index in [1.165, 1.54) is 12.8 Å². The van der Waals surface area contributed by atoms with Gasteiger partial charge >= 0.3 is 0 Å². The molecule has 3 rings (SSSR count). The molecule has 2 atom stereocenters. The highest BCUT2D eigenvalue weighted by molar-refractivity contribution is 5.80. The minimum atomic E-state index is 0.0438. The zero-order chi connectivity index (χ0) is 14.7. The van der Waals surface area contributed by atoms with E-state index < -0.39 is 0 Å². The van der Waals surface area contributed by atoms with Crippen molar-refractivity contribution < 1.29 is 9.15 Å². The van der Waals surface area contributed by atoms with Gasteiger partial charge in [-0.05, 0) is 50.7 Å². The fourth-order valence-electron chi connectivity index (χ4n) is 3.10. The number of nitrogens with two attached hydrogens (primary N) is 1. The molecule has 1 aromatic heterocycles. The topological polar surface area (TPSA) is 60.4 Å². The molecule has 0 aliphatic carbocycles. The van der Waals surface area contributed by atoms with Gasteiger partial charge in [-0.3, -0.25) is 5.84 Å². The summed E-state index contributed by atoms with van der Waals surface area (Å²) in [5, 5.41) is 1.14. The molecule has 1 aliphatic heterocycles. The van der Waals surface area contributed by atoms with E-state index in [0.717, 1.165) is 48.2 Å². The number of aryl methyl sites for hydroxylation is 1. The molecule has 1 saturated heterocycles. The standard InChI is InChI=1S/C17H24N2O2/c1-12-5-4-6-13-11-16(21-17(12)13)15(19-18)9-8-14-7-2-3-10-20-14/h4-6,11,14-15,19H,2-3,7-10,18H2,1H3. The quantitative estimate of drug-likeness (QED) is 0.652. The minimum Gasteiger partial charge on any atom is -0.459 e. The average molecular weight is 288 g/mol. The molecule has 0 bridgehead atoms. The second-order valence-electron chi connectivity index (χ2n) is 5.93. The van der Waals surface area contributed by atoms with Crippen LogP contribution in [0.5, 0.6) is 0 Å². The van der Waals surface area contributed by atoms with Crippen LogP contribution in [0.3, 0.4) is 0 Å². The predicted molar refractivity (Wildman–Crippen MR) is 83.8 cm³/mol. The van der Waals surface area contributed by atoms with E-state index in [2.05, 4.69) is 36.6 Å². The zero-order valence-corrected chi connectivity index (χ0v) is 12.6. The number of nitrogens with one attached hydrogen (secondary N) is 1. The van der Waals surface area contributed by atoms with E-state index in [9.17, 15) is 0 Å². The molecule has 114 valence electrons. The first-order chi connectivity index (χ1) is 10.3. The second kappa shape index (κ2) is 6.60. The molecule has 0 spiro atoms. The number of furan rings is 1. The molecular formula is C17H24N2O2.